The largest absolute Gasteiger partial charge is 0.330 e. The fourth-order valence-electron chi connectivity index (χ4n) is 2.45. The van der Waals surface area contributed by atoms with Crippen LogP contribution in [0.1, 0.15) is 17.9 Å². The maximum atomic E-state index is 13.9. The average molecular weight is 292 g/mol. The van der Waals surface area contributed by atoms with Gasteiger partial charge in [0.2, 0.25) is 0 Å². The highest BCUT2D eigenvalue weighted by atomic mass is 35.5. The van der Waals surface area contributed by atoms with Crippen molar-refractivity contribution in [1.82, 2.24) is 9.78 Å². The van der Waals surface area contributed by atoms with E-state index in [1.165, 1.54) is 6.07 Å². The molecule has 0 amide bonds. The van der Waals surface area contributed by atoms with E-state index in [4.69, 9.17) is 5.73 Å². The minimum absolute atomic E-state index is 0. The van der Waals surface area contributed by atoms with Crippen LogP contribution in [0.5, 0.6) is 0 Å². The van der Waals surface area contributed by atoms with Gasteiger partial charge in [-0.25, -0.2) is 4.39 Å². The molecule has 1 heterocycles. The van der Waals surface area contributed by atoms with Crippen LogP contribution in [0.15, 0.2) is 18.3 Å². The van der Waals surface area contributed by atoms with Gasteiger partial charge in [-0.05, 0) is 36.9 Å². The van der Waals surface area contributed by atoms with E-state index in [9.17, 15) is 4.39 Å². The molecule has 2 N–H and O–H groups in total. The Bertz CT molecular complexity index is 555. The van der Waals surface area contributed by atoms with Crippen LogP contribution < -0.4 is 5.73 Å². The highest BCUT2D eigenvalue weighted by Crippen LogP contribution is 2.49. The van der Waals surface area contributed by atoms with Gasteiger partial charge in [0.25, 0.3) is 0 Å². The monoisotopic (exact) mass is 291 g/mol. The summed E-state index contributed by atoms with van der Waals surface area (Å²) < 4.78 is 15.6. The minimum atomic E-state index is -0.124. The molecule has 3 nitrogen and oxygen atoms in total. The van der Waals surface area contributed by atoms with E-state index in [1.807, 2.05) is 13.2 Å². The van der Waals surface area contributed by atoms with Gasteiger partial charge in [-0.2, -0.15) is 5.10 Å². The van der Waals surface area contributed by atoms with Gasteiger partial charge in [-0.15, -0.1) is 24.8 Å². The third-order valence-corrected chi connectivity index (χ3v) is 3.39. The average Bonchev–Trinajstić information content (AvgIpc) is 2.92. The molecule has 0 unspecified atom stereocenters. The second-order valence-corrected chi connectivity index (χ2v) is 4.53. The van der Waals surface area contributed by atoms with Crippen molar-refractivity contribution in [2.45, 2.75) is 12.3 Å². The Morgan fingerprint density at radius 1 is 1.44 bits per heavy atom. The Labute approximate surface area is 117 Å². The predicted molar refractivity (Wildman–Crippen MR) is 75.1 cm³/mol. The zero-order chi connectivity index (χ0) is 11.3. The second-order valence-electron chi connectivity index (χ2n) is 4.53. The first kappa shape index (κ1) is 15.2. The highest BCUT2D eigenvalue weighted by Gasteiger charge is 2.39. The number of hydrogen-bond donors (Lipinski definition) is 1. The third kappa shape index (κ3) is 2.32. The summed E-state index contributed by atoms with van der Waals surface area (Å²) in [5, 5.41) is 5.23. The van der Waals surface area contributed by atoms with E-state index >= 15 is 0 Å². The molecule has 0 saturated heterocycles. The number of fused-ring (bicyclic) bond motifs is 1. The van der Waals surface area contributed by atoms with E-state index in [-0.39, 0.29) is 36.5 Å². The van der Waals surface area contributed by atoms with E-state index in [0.717, 1.165) is 22.9 Å². The Morgan fingerprint density at radius 3 is 2.78 bits per heavy atom. The van der Waals surface area contributed by atoms with Crippen LogP contribution in [-0.4, -0.2) is 16.3 Å². The number of hydrogen-bond acceptors (Lipinski definition) is 2. The molecule has 0 spiro atoms. The lowest BCUT2D eigenvalue weighted by Crippen LogP contribution is -2.02. The van der Waals surface area contributed by atoms with Gasteiger partial charge < -0.3 is 5.73 Å². The van der Waals surface area contributed by atoms with Crippen LogP contribution in [0.3, 0.4) is 0 Å². The zero-order valence-electron chi connectivity index (χ0n) is 9.97. The number of nitrogens with two attached hydrogens (primary N) is 1. The van der Waals surface area contributed by atoms with Crippen LogP contribution in [0.4, 0.5) is 4.39 Å². The van der Waals surface area contributed by atoms with Crippen molar-refractivity contribution in [3.05, 3.63) is 29.7 Å². The highest BCUT2D eigenvalue weighted by molar-refractivity contribution is 5.85. The molecular formula is C12H16Cl2FN3. The number of benzene rings is 1. The van der Waals surface area contributed by atoms with Crippen molar-refractivity contribution in [3.8, 4) is 0 Å². The van der Waals surface area contributed by atoms with Gasteiger partial charge in [-0.1, -0.05) is 0 Å². The summed E-state index contributed by atoms with van der Waals surface area (Å²) in [5.41, 5.74) is 7.29. The third-order valence-electron chi connectivity index (χ3n) is 3.39. The number of aromatic nitrogens is 2. The van der Waals surface area contributed by atoms with Gasteiger partial charge in [0.15, 0.2) is 0 Å². The summed E-state index contributed by atoms with van der Waals surface area (Å²) >= 11 is 0. The van der Waals surface area contributed by atoms with Crippen molar-refractivity contribution >= 4 is 35.7 Å². The first-order valence-corrected chi connectivity index (χ1v) is 5.52. The van der Waals surface area contributed by atoms with Crippen LogP contribution >= 0.6 is 24.8 Å². The first-order valence-electron chi connectivity index (χ1n) is 5.52. The molecule has 6 heteroatoms. The molecular weight excluding hydrogens is 276 g/mol. The van der Waals surface area contributed by atoms with E-state index in [2.05, 4.69) is 5.10 Å². The number of nitrogens with zero attached hydrogens (tertiary/aromatic N) is 2. The normalized spacial score (nSPS) is 21.3. The van der Waals surface area contributed by atoms with Crippen molar-refractivity contribution in [3.63, 3.8) is 0 Å². The van der Waals surface area contributed by atoms with Crippen LogP contribution in [-0.2, 0) is 7.05 Å². The van der Waals surface area contributed by atoms with Crippen molar-refractivity contribution in [2.75, 3.05) is 6.54 Å². The van der Waals surface area contributed by atoms with Crippen molar-refractivity contribution in [2.24, 2.45) is 18.7 Å². The Hall–Kier alpha value is -0.840. The molecule has 3 rings (SSSR count). The predicted octanol–water partition coefficient (Wildman–Crippen LogP) is 2.62. The summed E-state index contributed by atoms with van der Waals surface area (Å²) in [6, 6.07) is 3.24. The SMILES string of the molecule is Cl.Cl.Cn1cc2c([C@@H]3C[C@H]3CN)c(F)ccc2n1. The molecule has 0 aliphatic heterocycles. The van der Waals surface area contributed by atoms with E-state index in [0.29, 0.717) is 12.5 Å². The molecule has 1 aromatic heterocycles. The molecule has 18 heavy (non-hydrogen) atoms. The molecule has 1 aliphatic carbocycles. The van der Waals surface area contributed by atoms with Gasteiger partial charge in [0.1, 0.15) is 5.82 Å². The van der Waals surface area contributed by atoms with Crippen molar-refractivity contribution < 1.29 is 4.39 Å². The van der Waals surface area contributed by atoms with Crippen molar-refractivity contribution in [1.29, 1.82) is 0 Å². The lowest BCUT2D eigenvalue weighted by atomic mass is 10.0. The minimum Gasteiger partial charge on any atom is -0.330 e. The lowest BCUT2D eigenvalue weighted by molar-refractivity contribution is 0.609. The molecule has 1 aliphatic rings. The fourth-order valence-corrected chi connectivity index (χ4v) is 2.45. The smallest absolute Gasteiger partial charge is 0.127 e. The summed E-state index contributed by atoms with van der Waals surface area (Å²) in [4.78, 5) is 0. The van der Waals surface area contributed by atoms with Gasteiger partial charge >= 0.3 is 0 Å². The molecule has 1 fully saturated rings. The Kier molecular flexibility index (Phi) is 4.59. The summed E-state index contributed by atoms with van der Waals surface area (Å²) in [6.07, 6.45) is 2.89. The summed E-state index contributed by atoms with van der Waals surface area (Å²) in [5.74, 6) is 0.611. The summed E-state index contributed by atoms with van der Waals surface area (Å²) in [6.45, 7) is 0.640. The molecule has 2 aromatic rings. The lowest BCUT2D eigenvalue weighted by Gasteiger charge is -2.03. The maximum Gasteiger partial charge on any atom is 0.127 e. The second kappa shape index (κ2) is 5.43. The molecule has 0 radical (unpaired) electrons. The molecule has 0 bridgehead atoms. The standard InChI is InChI=1S/C12H14FN3.2ClH/c1-16-6-9-11(15-16)3-2-10(13)12(9)8-4-7(8)5-14;;/h2-3,6-8H,4-5,14H2,1H3;2*1H/t7-,8+;;/m0../s1. The molecule has 1 saturated carbocycles. The van der Waals surface area contributed by atoms with Gasteiger partial charge in [0.05, 0.1) is 5.52 Å². The fraction of sp³-hybridized carbons (Fsp3) is 0.417. The van der Waals surface area contributed by atoms with E-state index in [1.54, 1.807) is 10.7 Å². The van der Waals surface area contributed by atoms with Crippen LogP contribution in [0.25, 0.3) is 10.9 Å². The molecule has 1 aromatic carbocycles. The summed E-state index contributed by atoms with van der Waals surface area (Å²) in [7, 11) is 1.86. The van der Waals surface area contributed by atoms with Gasteiger partial charge in [-0.3, -0.25) is 4.68 Å². The number of halogens is 3. The number of aryl methyl sites for hydroxylation is 1. The first-order chi connectivity index (χ1) is 7.70. The van der Waals surface area contributed by atoms with Crippen LogP contribution in [0, 0.1) is 11.7 Å². The zero-order valence-corrected chi connectivity index (χ0v) is 11.6. The maximum absolute atomic E-state index is 13.9. The Morgan fingerprint density at radius 2 is 2.17 bits per heavy atom. The quantitative estimate of drug-likeness (QED) is 0.924. The van der Waals surface area contributed by atoms with Crippen LogP contribution in [0.2, 0.25) is 0 Å². The topological polar surface area (TPSA) is 43.8 Å². The molecule has 2 atom stereocenters. The van der Waals surface area contributed by atoms with Gasteiger partial charge in [0, 0.05) is 24.2 Å². The van der Waals surface area contributed by atoms with E-state index < -0.39 is 0 Å². The number of rotatable bonds is 2. The molecule has 100 valence electrons. The Balaban J connectivity index is 0.000000810.